The summed E-state index contributed by atoms with van der Waals surface area (Å²) in [5.41, 5.74) is 0. The maximum atomic E-state index is 11.9. The van der Waals surface area contributed by atoms with E-state index in [9.17, 15) is 4.79 Å². The number of carbonyl (C=O) groups excluding carboxylic acids is 1. The zero-order valence-electron chi connectivity index (χ0n) is 13.6. The minimum atomic E-state index is -1.67. The summed E-state index contributed by atoms with van der Waals surface area (Å²) in [7, 11) is -1.67. The third-order valence-electron chi connectivity index (χ3n) is 7.58. The Kier molecular flexibility index (Phi) is 2.43. The van der Waals surface area contributed by atoms with Crippen molar-refractivity contribution in [1.29, 1.82) is 0 Å². The summed E-state index contributed by atoms with van der Waals surface area (Å²) in [6.45, 7) is 13.6. The molecule has 0 aromatic heterocycles. The van der Waals surface area contributed by atoms with E-state index in [1.807, 2.05) is 6.92 Å². The molecule has 0 amide bonds. The monoisotopic (exact) mass is 292 g/mol. The zero-order chi connectivity index (χ0) is 14.6. The van der Waals surface area contributed by atoms with Crippen molar-refractivity contribution in [1.82, 2.24) is 0 Å². The van der Waals surface area contributed by atoms with Gasteiger partial charge < -0.3 is 4.43 Å². The van der Waals surface area contributed by atoms with E-state index < -0.39 is 8.32 Å². The van der Waals surface area contributed by atoms with Crippen molar-refractivity contribution in [2.45, 2.75) is 58.4 Å². The fourth-order valence-corrected chi connectivity index (χ4v) is 7.19. The summed E-state index contributed by atoms with van der Waals surface area (Å²) in [6, 6.07) is 0. The number of ketones is 1. The Morgan fingerprint density at radius 1 is 1.05 bits per heavy atom. The maximum Gasteiger partial charge on any atom is 0.192 e. The summed E-state index contributed by atoms with van der Waals surface area (Å²) in [6.07, 6.45) is 1.69. The average molecular weight is 292 g/mol. The SMILES string of the molecule is CC(=O)[C@@H]1C[C@H]2[C@@H]3[C@@H]4[C@H](O[Si](C)(C)C(C)(C)C)[C@H]2[C@H]1[C@H]34. The van der Waals surface area contributed by atoms with E-state index in [-0.39, 0.29) is 0 Å². The number of hydrogen-bond donors (Lipinski definition) is 0. The zero-order valence-corrected chi connectivity index (χ0v) is 14.6. The second-order valence-corrected chi connectivity index (χ2v) is 14.1. The number of hydrogen-bond acceptors (Lipinski definition) is 2. The lowest BCUT2D eigenvalue weighted by Gasteiger charge is -2.39. The Morgan fingerprint density at radius 3 is 2.20 bits per heavy atom. The van der Waals surface area contributed by atoms with Gasteiger partial charge in [0.1, 0.15) is 5.78 Å². The van der Waals surface area contributed by atoms with Crippen LogP contribution in [0.3, 0.4) is 0 Å². The second-order valence-electron chi connectivity index (χ2n) is 9.35. The van der Waals surface area contributed by atoms with Crippen LogP contribution in [-0.2, 0) is 9.22 Å². The Hall–Kier alpha value is -0.153. The predicted molar refractivity (Wildman–Crippen MR) is 81.8 cm³/mol. The van der Waals surface area contributed by atoms with Gasteiger partial charge in [-0.1, -0.05) is 20.8 Å². The quantitative estimate of drug-likeness (QED) is 0.741. The minimum Gasteiger partial charge on any atom is -0.413 e. The molecule has 5 aliphatic carbocycles. The smallest absolute Gasteiger partial charge is 0.192 e. The van der Waals surface area contributed by atoms with Crippen molar-refractivity contribution in [2.75, 3.05) is 0 Å². The molecular weight excluding hydrogens is 264 g/mol. The second kappa shape index (κ2) is 3.60. The summed E-state index contributed by atoms with van der Waals surface area (Å²) in [4.78, 5) is 11.9. The van der Waals surface area contributed by atoms with Gasteiger partial charge in [-0.2, -0.15) is 0 Å². The normalized spacial score (nSPS) is 51.7. The van der Waals surface area contributed by atoms with Gasteiger partial charge in [-0.25, -0.2) is 0 Å². The highest BCUT2D eigenvalue weighted by atomic mass is 28.4. The highest BCUT2D eigenvalue weighted by Crippen LogP contribution is 2.82. The molecule has 6 bridgehead atoms. The summed E-state index contributed by atoms with van der Waals surface area (Å²) < 4.78 is 6.81. The predicted octanol–water partition coefficient (Wildman–Crippen LogP) is 3.72. The molecule has 5 rings (SSSR count). The average Bonchev–Trinajstić information content (AvgIpc) is 2.57. The van der Waals surface area contributed by atoms with Crippen LogP contribution in [0.25, 0.3) is 0 Å². The lowest BCUT2D eigenvalue weighted by molar-refractivity contribution is -0.122. The number of Topliss-reactive ketones (excluding diaryl/α,β-unsaturated/α-hetero) is 1. The number of rotatable bonds is 3. The van der Waals surface area contributed by atoms with E-state index in [1.165, 1.54) is 6.42 Å². The Morgan fingerprint density at radius 2 is 1.70 bits per heavy atom. The lowest BCUT2D eigenvalue weighted by Crippen LogP contribution is -2.45. The number of carbonyl (C=O) groups is 1. The van der Waals surface area contributed by atoms with Crippen molar-refractivity contribution in [3.05, 3.63) is 0 Å². The van der Waals surface area contributed by atoms with Crippen LogP contribution in [0.4, 0.5) is 0 Å². The molecule has 0 spiro atoms. The molecule has 3 heteroatoms. The van der Waals surface area contributed by atoms with Gasteiger partial charge in [-0.15, -0.1) is 0 Å². The van der Waals surface area contributed by atoms with Crippen molar-refractivity contribution in [2.24, 2.45) is 41.4 Å². The van der Waals surface area contributed by atoms with Gasteiger partial charge in [-0.3, -0.25) is 4.79 Å². The summed E-state index contributed by atoms with van der Waals surface area (Å²) in [5, 5.41) is 0.295. The van der Waals surface area contributed by atoms with Gasteiger partial charge in [0.2, 0.25) is 0 Å². The first kappa shape index (κ1) is 13.5. The van der Waals surface area contributed by atoms with Crippen LogP contribution >= 0.6 is 0 Å². The fourth-order valence-electron chi connectivity index (χ4n) is 5.84. The van der Waals surface area contributed by atoms with Crippen LogP contribution in [0.2, 0.25) is 18.1 Å². The van der Waals surface area contributed by atoms with Gasteiger partial charge in [-0.05, 0) is 67.0 Å². The molecule has 20 heavy (non-hydrogen) atoms. The van der Waals surface area contributed by atoms with E-state index in [4.69, 9.17) is 4.43 Å². The molecule has 0 saturated heterocycles. The maximum absolute atomic E-state index is 11.9. The highest BCUT2D eigenvalue weighted by Gasteiger charge is 2.82. The Balaban J connectivity index is 1.57. The minimum absolute atomic E-state index is 0.295. The topological polar surface area (TPSA) is 26.3 Å². The fraction of sp³-hybridized carbons (Fsp3) is 0.941. The first-order valence-corrected chi connectivity index (χ1v) is 11.2. The van der Waals surface area contributed by atoms with Crippen molar-refractivity contribution >= 4 is 14.1 Å². The third-order valence-corrected chi connectivity index (χ3v) is 12.1. The largest absolute Gasteiger partial charge is 0.413 e. The molecule has 5 fully saturated rings. The lowest BCUT2D eigenvalue weighted by atomic mass is 9.85. The van der Waals surface area contributed by atoms with E-state index in [2.05, 4.69) is 33.9 Å². The molecule has 0 radical (unpaired) electrons. The standard InChI is InChI=1S/C17H28O2Si/c1-8(18)9-7-10-12-14-11(9)13(10)16(15(12)14)19-20(5,6)17(2,3)4/h9-16H,7H2,1-6H3/t9-,10-,11-,12-,13+,14+,15-,16+/m0/s1. The van der Waals surface area contributed by atoms with E-state index >= 15 is 0 Å². The third kappa shape index (κ3) is 1.41. The van der Waals surface area contributed by atoms with Gasteiger partial charge >= 0.3 is 0 Å². The molecule has 112 valence electrons. The van der Waals surface area contributed by atoms with Gasteiger partial charge in [0, 0.05) is 5.92 Å². The van der Waals surface area contributed by atoms with Crippen LogP contribution in [0.1, 0.15) is 34.1 Å². The summed E-state index contributed by atoms with van der Waals surface area (Å²) >= 11 is 0. The molecule has 0 aliphatic heterocycles. The molecule has 5 saturated carbocycles. The van der Waals surface area contributed by atoms with Crippen LogP contribution < -0.4 is 0 Å². The van der Waals surface area contributed by atoms with Crippen molar-refractivity contribution in [3.8, 4) is 0 Å². The molecule has 2 nitrogen and oxygen atoms in total. The molecule has 0 heterocycles. The van der Waals surface area contributed by atoms with Crippen molar-refractivity contribution < 1.29 is 9.22 Å². The van der Waals surface area contributed by atoms with E-state index in [0.29, 0.717) is 28.8 Å². The van der Waals surface area contributed by atoms with Crippen LogP contribution in [-0.4, -0.2) is 20.2 Å². The van der Waals surface area contributed by atoms with E-state index in [0.717, 1.165) is 29.6 Å². The van der Waals surface area contributed by atoms with Gasteiger partial charge in [0.15, 0.2) is 8.32 Å². The van der Waals surface area contributed by atoms with Crippen molar-refractivity contribution in [3.63, 3.8) is 0 Å². The molecule has 0 unspecified atom stereocenters. The summed E-state index contributed by atoms with van der Waals surface area (Å²) in [5.74, 6) is 5.72. The molecule has 8 atom stereocenters. The molecule has 0 aromatic rings. The van der Waals surface area contributed by atoms with E-state index in [1.54, 1.807) is 0 Å². The molecule has 0 aromatic carbocycles. The molecule has 5 aliphatic rings. The molecule has 0 N–H and O–H groups in total. The van der Waals surface area contributed by atoms with Crippen LogP contribution in [0, 0.1) is 41.4 Å². The first-order valence-electron chi connectivity index (χ1n) is 8.33. The highest BCUT2D eigenvalue weighted by molar-refractivity contribution is 6.74. The Bertz CT molecular complexity index is 478. The van der Waals surface area contributed by atoms with Gasteiger partial charge in [0.05, 0.1) is 6.10 Å². The van der Waals surface area contributed by atoms with Crippen LogP contribution in [0.5, 0.6) is 0 Å². The van der Waals surface area contributed by atoms with Gasteiger partial charge in [0.25, 0.3) is 0 Å². The van der Waals surface area contributed by atoms with Crippen LogP contribution in [0.15, 0.2) is 0 Å². The Labute approximate surface area is 123 Å². The molecular formula is C17H28O2Si. The first-order chi connectivity index (χ1) is 9.15.